The van der Waals surface area contributed by atoms with E-state index in [1.54, 1.807) is 25.3 Å². The van der Waals surface area contributed by atoms with Crippen molar-refractivity contribution in [3.05, 3.63) is 119 Å². The Balaban J connectivity index is 0.00000156. The minimum atomic E-state index is -0.186. The lowest BCUT2D eigenvalue weighted by atomic mass is 10.0. The van der Waals surface area contributed by atoms with Gasteiger partial charge in [-0.2, -0.15) is 0 Å². The van der Waals surface area contributed by atoms with E-state index in [2.05, 4.69) is 34.9 Å². The maximum Gasteiger partial charge on any atom is 0.256 e. The highest BCUT2D eigenvalue weighted by Crippen LogP contribution is 2.39. The average molecular weight is 511 g/mol. The zero-order valence-electron chi connectivity index (χ0n) is 21.2. The van der Waals surface area contributed by atoms with Crippen LogP contribution in [0.1, 0.15) is 51.3 Å². The van der Waals surface area contributed by atoms with Gasteiger partial charge in [0.2, 0.25) is 0 Å². The van der Waals surface area contributed by atoms with Crippen LogP contribution in [-0.2, 0) is 13.0 Å². The molecule has 0 unspecified atom stereocenters. The number of rotatable bonds is 6. The number of methoxy groups -OCH3 is 1. The van der Waals surface area contributed by atoms with Crippen LogP contribution in [0.4, 0.5) is 5.69 Å². The number of nitrogens with one attached hydrogen (secondary N) is 2. The topological polar surface area (TPSA) is 67.4 Å². The Morgan fingerprint density at radius 2 is 1.59 bits per heavy atom. The van der Waals surface area contributed by atoms with Crippen LogP contribution >= 0.6 is 11.8 Å². The Morgan fingerprint density at radius 1 is 0.838 bits per heavy atom. The zero-order valence-corrected chi connectivity index (χ0v) is 22.0. The van der Waals surface area contributed by atoms with E-state index in [9.17, 15) is 9.59 Å². The Bertz CT molecular complexity index is 1400. The molecular weight excluding hydrogens is 480 g/mol. The third-order valence-electron chi connectivity index (χ3n) is 5.85. The molecule has 2 N–H and O–H groups in total. The molecule has 5 rings (SSSR count). The maximum atomic E-state index is 12.9. The number of fused-ring (bicyclic) bond motifs is 2. The largest absolute Gasteiger partial charge is 0.497 e. The molecule has 4 aromatic carbocycles. The van der Waals surface area contributed by atoms with Gasteiger partial charge in [0.15, 0.2) is 0 Å². The molecule has 1 aliphatic heterocycles. The average Bonchev–Trinajstić information content (AvgIpc) is 3.08. The molecule has 37 heavy (non-hydrogen) atoms. The summed E-state index contributed by atoms with van der Waals surface area (Å²) in [6, 6.07) is 29.1. The summed E-state index contributed by atoms with van der Waals surface area (Å²) in [5.74, 6) is 0.484. The Labute approximate surface area is 222 Å². The van der Waals surface area contributed by atoms with E-state index >= 15 is 0 Å². The molecule has 0 spiro atoms. The van der Waals surface area contributed by atoms with Crippen LogP contribution < -0.4 is 15.4 Å². The van der Waals surface area contributed by atoms with Crippen LogP contribution in [0.25, 0.3) is 0 Å². The van der Waals surface area contributed by atoms with Gasteiger partial charge in [-0.05, 0) is 65.6 Å². The van der Waals surface area contributed by atoms with E-state index < -0.39 is 0 Å². The second-order valence-corrected chi connectivity index (χ2v) is 9.37. The fraction of sp³-hybridized carbons (Fsp3) is 0.161. The van der Waals surface area contributed by atoms with Crippen molar-refractivity contribution < 1.29 is 14.3 Å². The van der Waals surface area contributed by atoms with Crippen LogP contribution in [0.15, 0.2) is 101 Å². The van der Waals surface area contributed by atoms with Gasteiger partial charge in [-0.25, -0.2) is 0 Å². The lowest BCUT2D eigenvalue weighted by molar-refractivity contribution is 0.0949. The first-order valence-electron chi connectivity index (χ1n) is 12.3. The van der Waals surface area contributed by atoms with Gasteiger partial charge in [0.25, 0.3) is 11.8 Å². The highest BCUT2D eigenvalue weighted by atomic mass is 32.2. The van der Waals surface area contributed by atoms with Gasteiger partial charge in [0, 0.05) is 21.9 Å². The predicted molar refractivity (Wildman–Crippen MR) is 150 cm³/mol. The lowest BCUT2D eigenvalue weighted by Crippen LogP contribution is -2.23. The predicted octanol–water partition coefficient (Wildman–Crippen LogP) is 6.96. The van der Waals surface area contributed by atoms with Crippen LogP contribution in [0.2, 0.25) is 0 Å². The van der Waals surface area contributed by atoms with E-state index in [1.165, 1.54) is 22.9 Å². The van der Waals surface area contributed by atoms with Crippen LogP contribution in [0, 0.1) is 0 Å². The first kappa shape index (κ1) is 26.0. The molecule has 0 fully saturated rings. The van der Waals surface area contributed by atoms with Gasteiger partial charge in [-0.3, -0.25) is 9.59 Å². The first-order chi connectivity index (χ1) is 18.1. The van der Waals surface area contributed by atoms with Gasteiger partial charge in [0.05, 0.1) is 18.4 Å². The quantitative estimate of drug-likeness (QED) is 0.294. The highest BCUT2D eigenvalue weighted by Gasteiger charge is 2.20. The van der Waals surface area contributed by atoms with Crippen molar-refractivity contribution in [1.82, 2.24) is 5.32 Å². The van der Waals surface area contributed by atoms with Crippen molar-refractivity contribution in [1.29, 1.82) is 0 Å². The van der Waals surface area contributed by atoms with Crippen molar-refractivity contribution in [2.24, 2.45) is 0 Å². The minimum absolute atomic E-state index is 0.168. The van der Waals surface area contributed by atoms with Gasteiger partial charge in [0.1, 0.15) is 5.75 Å². The summed E-state index contributed by atoms with van der Waals surface area (Å²) in [7, 11) is 1.66. The molecule has 0 saturated heterocycles. The number of amides is 2. The number of ether oxygens (including phenoxy) is 1. The van der Waals surface area contributed by atoms with Gasteiger partial charge in [-0.1, -0.05) is 74.1 Å². The number of carbonyl (C=O) groups excluding carboxylic acids is 2. The molecule has 1 heterocycles. The second kappa shape index (κ2) is 12.3. The second-order valence-electron chi connectivity index (χ2n) is 8.29. The minimum Gasteiger partial charge on any atom is -0.497 e. The normalized spacial score (nSPS) is 11.6. The smallest absolute Gasteiger partial charge is 0.256 e. The number of anilines is 1. The van der Waals surface area contributed by atoms with E-state index in [1.807, 2.05) is 62.4 Å². The van der Waals surface area contributed by atoms with Crippen molar-refractivity contribution in [3.8, 4) is 5.75 Å². The van der Waals surface area contributed by atoms with Crippen molar-refractivity contribution in [2.75, 3.05) is 12.4 Å². The molecule has 188 valence electrons. The standard InChI is InChI=1S/C29H24N2O3S.C2H6/c1-34-23-12-9-19(10-13-23)15-20-5-4-6-21(16-20)18-30-28(32)22-11-14-27-25(17-22)31-29(33)24-7-2-3-8-26(24)35-27;1-2/h2-14,16-17H,15,18H2,1H3,(H,30,32)(H,31,33);1-2H3. The van der Waals surface area contributed by atoms with Crippen LogP contribution in [-0.4, -0.2) is 18.9 Å². The van der Waals surface area contributed by atoms with Gasteiger partial charge >= 0.3 is 0 Å². The molecule has 0 saturated carbocycles. The monoisotopic (exact) mass is 510 g/mol. The van der Waals surface area contributed by atoms with E-state index in [0.29, 0.717) is 23.4 Å². The molecule has 0 atom stereocenters. The third kappa shape index (κ3) is 6.40. The summed E-state index contributed by atoms with van der Waals surface area (Å²) in [6.07, 6.45) is 0.802. The first-order valence-corrected chi connectivity index (χ1v) is 13.1. The summed E-state index contributed by atoms with van der Waals surface area (Å²) in [5, 5.41) is 5.94. The van der Waals surface area contributed by atoms with Crippen molar-refractivity contribution in [3.63, 3.8) is 0 Å². The van der Waals surface area contributed by atoms with Crippen LogP contribution in [0.5, 0.6) is 5.75 Å². The fourth-order valence-electron chi connectivity index (χ4n) is 4.02. The number of hydrogen-bond acceptors (Lipinski definition) is 4. The highest BCUT2D eigenvalue weighted by molar-refractivity contribution is 7.99. The zero-order chi connectivity index (χ0) is 26.2. The van der Waals surface area contributed by atoms with Gasteiger partial charge < -0.3 is 15.4 Å². The summed E-state index contributed by atoms with van der Waals surface area (Å²) < 4.78 is 5.22. The summed E-state index contributed by atoms with van der Waals surface area (Å²) in [6.45, 7) is 4.42. The Morgan fingerprint density at radius 3 is 2.38 bits per heavy atom. The molecule has 0 aromatic heterocycles. The molecule has 1 aliphatic rings. The summed E-state index contributed by atoms with van der Waals surface area (Å²) >= 11 is 1.52. The molecule has 2 amide bonds. The van der Waals surface area contributed by atoms with Crippen LogP contribution in [0.3, 0.4) is 0 Å². The number of carbonyl (C=O) groups is 2. The molecular formula is C31H30N2O3S. The van der Waals surface area contributed by atoms with Gasteiger partial charge in [-0.15, -0.1) is 0 Å². The molecule has 0 bridgehead atoms. The lowest BCUT2D eigenvalue weighted by Gasteiger charge is -2.11. The van der Waals surface area contributed by atoms with E-state index in [-0.39, 0.29) is 11.8 Å². The number of hydrogen-bond donors (Lipinski definition) is 2. The summed E-state index contributed by atoms with van der Waals surface area (Å²) in [4.78, 5) is 27.3. The third-order valence-corrected chi connectivity index (χ3v) is 7.01. The molecule has 5 nitrogen and oxygen atoms in total. The van der Waals surface area contributed by atoms with Crippen molar-refractivity contribution >= 4 is 29.3 Å². The molecule has 0 radical (unpaired) electrons. The molecule has 0 aliphatic carbocycles. The maximum absolute atomic E-state index is 12.9. The number of benzene rings is 4. The van der Waals surface area contributed by atoms with E-state index in [4.69, 9.17) is 4.74 Å². The molecule has 4 aromatic rings. The van der Waals surface area contributed by atoms with E-state index in [0.717, 1.165) is 27.5 Å². The summed E-state index contributed by atoms with van der Waals surface area (Å²) in [5.41, 5.74) is 5.17. The molecule has 6 heteroatoms. The van der Waals surface area contributed by atoms with Crippen molar-refractivity contribution in [2.45, 2.75) is 36.6 Å². The Hall–Kier alpha value is -4.03. The fourth-order valence-corrected chi connectivity index (χ4v) is 5.03. The SMILES string of the molecule is CC.COc1ccc(Cc2cccc(CNC(=O)c3ccc4c(c3)NC(=O)c3ccccc3S4)c2)cc1. The Kier molecular flexibility index (Phi) is 8.64.